The van der Waals surface area contributed by atoms with Crippen LogP contribution in [0.25, 0.3) is 10.1 Å². The Kier molecular flexibility index (Phi) is 4.45. The maximum atomic E-state index is 12.7. The van der Waals surface area contributed by atoms with Crippen LogP contribution in [-0.2, 0) is 14.4 Å². The van der Waals surface area contributed by atoms with Crippen LogP contribution in [0.4, 0.5) is 0 Å². The molecule has 2 aliphatic rings. The summed E-state index contributed by atoms with van der Waals surface area (Å²) in [6.07, 6.45) is 0. The van der Waals surface area contributed by atoms with Gasteiger partial charge in [-0.15, -0.1) is 23.1 Å². The summed E-state index contributed by atoms with van der Waals surface area (Å²) in [7, 11) is 0. The number of aliphatic carboxylic acids is 1. The average Bonchev–Trinajstić information content (AvgIpc) is 3.13. The van der Waals surface area contributed by atoms with E-state index in [-0.39, 0.29) is 5.70 Å². The molecule has 0 radical (unpaired) electrons. The Balaban J connectivity index is 1.52. The molecule has 1 aromatic carbocycles. The molecule has 0 aliphatic carbocycles. The number of nitrogens with one attached hydrogen (secondary N) is 1. The molecule has 2 aliphatic heterocycles. The van der Waals surface area contributed by atoms with Gasteiger partial charge in [-0.2, -0.15) is 0 Å². The molecule has 140 valence electrons. The van der Waals surface area contributed by atoms with Gasteiger partial charge in [0.2, 0.25) is 5.91 Å². The third kappa shape index (κ3) is 2.82. The molecule has 2 aromatic rings. The number of nitrogens with two attached hydrogens (primary N) is 1. The van der Waals surface area contributed by atoms with Gasteiger partial charge in [-0.1, -0.05) is 12.1 Å². The fourth-order valence-corrected chi connectivity index (χ4v) is 5.56. The summed E-state index contributed by atoms with van der Waals surface area (Å²) >= 11 is 3.00. The number of fused-ring (bicyclic) bond motifs is 2. The number of β-lactam (4-membered cyclic amide) rings is 1. The highest BCUT2D eigenvalue weighted by atomic mass is 32.2. The Morgan fingerprint density at radius 1 is 1.37 bits per heavy atom. The standard InChI is InChI=1S/C18H17N3O4S2/c1-8-7-27-17-13(16(23)21(17)14(8)18(24)25)20-15(22)12(19)10-3-2-4-11-9(10)5-6-26-11/h2-6,12-13,17H,7,19H2,1H3,(H,20,22)(H,24,25)/t12?,13-,17+/m1/s1. The maximum Gasteiger partial charge on any atom is 0.352 e. The van der Waals surface area contributed by atoms with Crippen molar-refractivity contribution in [1.29, 1.82) is 0 Å². The van der Waals surface area contributed by atoms with E-state index in [4.69, 9.17) is 5.73 Å². The van der Waals surface area contributed by atoms with Crippen LogP contribution in [0.5, 0.6) is 0 Å². The second-order valence-corrected chi connectivity index (χ2v) is 8.54. The largest absolute Gasteiger partial charge is 0.477 e. The molecular weight excluding hydrogens is 386 g/mol. The summed E-state index contributed by atoms with van der Waals surface area (Å²) in [4.78, 5) is 37.9. The van der Waals surface area contributed by atoms with Crippen molar-refractivity contribution >= 4 is 51.0 Å². The van der Waals surface area contributed by atoms with Crippen molar-refractivity contribution in [3.8, 4) is 0 Å². The third-order valence-electron chi connectivity index (χ3n) is 4.81. The minimum Gasteiger partial charge on any atom is -0.477 e. The van der Waals surface area contributed by atoms with Crippen LogP contribution < -0.4 is 11.1 Å². The number of carbonyl (C=O) groups is 3. The smallest absolute Gasteiger partial charge is 0.352 e. The molecule has 1 unspecified atom stereocenters. The number of amides is 2. The van der Waals surface area contributed by atoms with E-state index in [0.29, 0.717) is 16.9 Å². The van der Waals surface area contributed by atoms with E-state index >= 15 is 0 Å². The van der Waals surface area contributed by atoms with Crippen LogP contribution in [-0.4, -0.2) is 45.0 Å². The van der Waals surface area contributed by atoms with Gasteiger partial charge in [0, 0.05) is 10.5 Å². The van der Waals surface area contributed by atoms with Gasteiger partial charge in [0.1, 0.15) is 23.2 Å². The van der Waals surface area contributed by atoms with Gasteiger partial charge in [0.05, 0.1) is 0 Å². The van der Waals surface area contributed by atoms with Crippen LogP contribution in [0.15, 0.2) is 40.9 Å². The predicted molar refractivity (Wildman–Crippen MR) is 104 cm³/mol. The highest BCUT2D eigenvalue weighted by Crippen LogP contribution is 2.40. The number of thioether (sulfide) groups is 1. The van der Waals surface area contributed by atoms with E-state index in [2.05, 4.69) is 5.32 Å². The molecule has 7 nitrogen and oxygen atoms in total. The number of carboxylic acid groups (broad SMARTS) is 1. The highest BCUT2D eigenvalue weighted by Gasteiger charge is 2.53. The first-order valence-corrected chi connectivity index (χ1v) is 10.2. The van der Waals surface area contributed by atoms with Crippen molar-refractivity contribution in [1.82, 2.24) is 10.2 Å². The second kappa shape index (κ2) is 6.66. The number of carboxylic acids is 1. The lowest BCUT2D eigenvalue weighted by Crippen LogP contribution is -2.71. The number of hydrogen-bond donors (Lipinski definition) is 3. The molecule has 1 saturated heterocycles. The Labute approximate surface area is 163 Å². The van der Waals surface area contributed by atoms with Crippen LogP contribution in [0.1, 0.15) is 18.5 Å². The van der Waals surface area contributed by atoms with E-state index in [9.17, 15) is 19.5 Å². The molecular formula is C18H17N3O4S2. The molecule has 0 bridgehead atoms. The van der Waals surface area contributed by atoms with Crippen molar-refractivity contribution < 1.29 is 19.5 Å². The summed E-state index contributed by atoms with van der Waals surface area (Å²) in [5, 5.41) is 14.5. The van der Waals surface area contributed by atoms with Crippen molar-refractivity contribution in [3.05, 3.63) is 46.5 Å². The molecule has 0 saturated carbocycles. The lowest BCUT2D eigenvalue weighted by Gasteiger charge is -2.49. The number of benzene rings is 1. The Hall–Kier alpha value is -2.36. The van der Waals surface area contributed by atoms with E-state index in [0.717, 1.165) is 10.1 Å². The molecule has 27 heavy (non-hydrogen) atoms. The minimum absolute atomic E-state index is 0.0154. The van der Waals surface area contributed by atoms with E-state index in [1.807, 2.05) is 23.6 Å². The molecule has 2 amide bonds. The predicted octanol–water partition coefficient (Wildman–Crippen LogP) is 1.66. The van der Waals surface area contributed by atoms with Crippen molar-refractivity contribution in [2.24, 2.45) is 5.73 Å². The molecule has 3 atom stereocenters. The van der Waals surface area contributed by atoms with Gasteiger partial charge >= 0.3 is 5.97 Å². The van der Waals surface area contributed by atoms with Crippen molar-refractivity contribution in [2.75, 3.05) is 5.75 Å². The molecule has 1 fully saturated rings. The van der Waals surface area contributed by atoms with Gasteiger partial charge in [0.15, 0.2) is 0 Å². The molecule has 1 aromatic heterocycles. The van der Waals surface area contributed by atoms with Crippen molar-refractivity contribution in [2.45, 2.75) is 24.4 Å². The Morgan fingerprint density at radius 3 is 2.89 bits per heavy atom. The molecule has 4 rings (SSSR count). The minimum atomic E-state index is -1.13. The van der Waals surface area contributed by atoms with Crippen LogP contribution in [0, 0.1) is 0 Å². The normalized spacial score (nSPS) is 23.0. The quantitative estimate of drug-likeness (QED) is 0.669. The highest BCUT2D eigenvalue weighted by molar-refractivity contribution is 8.00. The molecule has 3 heterocycles. The zero-order valence-corrected chi connectivity index (χ0v) is 16.0. The zero-order chi connectivity index (χ0) is 19.3. The molecule has 0 spiro atoms. The number of carbonyl (C=O) groups excluding carboxylic acids is 2. The number of hydrogen-bond acceptors (Lipinski definition) is 6. The van der Waals surface area contributed by atoms with Gasteiger partial charge < -0.3 is 16.2 Å². The van der Waals surface area contributed by atoms with E-state index in [1.54, 1.807) is 24.3 Å². The topological polar surface area (TPSA) is 113 Å². The molecule has 9 heteroatoms. The van der Waals surface area contributed by atoms with Gasteiger partial charge in [-0.3, -0.25) is 14.5 Å². The Bertz CT molecular complexity index is 999. The fraction of sp³-hybridized carbons (Fsp3) is 0.278. The monoisotopic (exact) mass is 403 g/mol. The second-order valence-electron chi connectivity index (χ2n) is 6.49. The Morgan fingerprint density at radius 2 is 2.15 bits per heavy atom. The summed E-state index contributed by atoms with van der Waals surface area (Å²) in [5.41, 5.74) is 7.52. The number of nitrogens with zero attached hydrogens (tertiary/aromatic N) is 1. The fourth-order valence-electron chi connectivity index (χ4n) is 3.45. The maximum absolute atomic E-state index is 12.7. The zero-order valence-electron chi connectivity index (χ0n) is 14.3. The van der Waals surface area contributed by atoms with Crippen molar-refractivity contribution in [3.63, 3.8) is 0 Å². The van der Waals surface area contributed by atoms with Gasteiger partial charge in [-0.05, 0) is 41.0 Å². The van der Waals surface area contributed by atoms with Crippen LogP contribution in [0.3, 0.4) is 0 Å². The number of rotatable bonds is 4. The van der Waals surface area contributed by atoms with Crippen LogP contribution >= 0.6 is 23.1 Å². The van der Waals surface area contributed by atoms with E-state index in [1.165, 1.54) is 16.7 Å². The van der Waals surface area contributed by atoms with E-state index < -0.39 is 35.2 Å². The lowest BCUT2D eigenvalue weighted by molar-refractivity contribution is -0.150. The lowest BCUT2D eigenvalue weighted by atomic mass is 10.00. The first-order chi connectivity index (χ1) is 12.9. The first-order valence-electron chi connectivity index (χ1n) is 8.30. The van der Waals surface area contributed by atoms with Gasteiger partial charge in [-0.25, -0.2) is 4.79 Å². The summed E-state index contributed by atoms with van der Waals surface area (Å²) in [6.45, 7) is 1.70. The summed E-state index contributed by atoms with van der Waals surface area (Å²) < 4.78 is 1.04. The molecule has 4 N–H and O–H groups in total. The average molecular weight is 403 g/mol. The summed E-state index contributed by atoms with van der Waals surface area (Å²) in [6, 6.07) is 5.86. The van der Waals surface area contributed by atoms with Gasteiger partial charge in [0.25, 0.3) is 5.91 Å². The summed E-state index contributed by atoms with van der Waals surface area (Å²) in [5.74, 6) is -1.49. The van der Waals surface area contributed by atoms with Crippen LogP contribution in [0.2, 0.25) is 0 Å². The first kappa shape index (κ1) is 18.0. The third-order valence-corrected chi connectivity index (χ3v) is 7.11. The SMILES string of the molecule is CC1=C(C(=O)O)N2C(=O)[C@@H](NC(=O)C(N)c3cccc4sccc34)[C@@H]2SC1. The number of thiophene rings is 1.